The monoisotopic (exact) mass is 527 g/mol. The maximum Gasteiger partial charge on any atom is 0.247 e. The lowest BCUT2D eigenvalue weighted by Crippen LogP contribution is -2.50. The maximum atomic E-state index is 13.7. The van der Waals surface area contributed by atoms with Crippen LogP contribution in [0.15, 0.2) is 53.7 Å². The van der Waals surface area contributed by atoms with Crippen molar-refractivity contribution < 1.29 is 23.1 Å². The van der Waals surface area contributed by atoms with Crippen molar-refractivity contribution in [2.45, 2.75) is 63.0 Å². The summed E-state index contributed by atoms with van der Waals surface area (Å²) in [6.07, 6.45) is 9.57. The van der Waals surface area contributed by atoms with Gasteiger partial charge in [0.15, 0.2) is 0 Å². The molecule has 0 saturated carbocycles. The first-order valence-corrected chi connectivity index (χ1v) is 14.4. The van der Waals surface area contributed by atoms with Crippen LogP contribution >= 0.6 is 0 Å². The normalized spacial score (nSPS) is 22.5. The van der Waals surface area contributed by atoms with E-state index >= 15 is 0 Å². The van der Waals surface area contributed by atoms with Crippen LogP contribution in [-0.2, 0) is 21.2 Å². The number of nitrogens with zero attached hydrogens (tertiary/aromatic N) is 3. The van der Waals surface area contributed by atoms with Gasteiger partial charge in [0.1, 0.15) is 16.7 Å². The SMILES string of the molecule is C[C@@H]1CN([C@H](C)CO)S(=O)(=O)c2ccc(C3=CCCCC3)cc2O[C@H]1CN(C)C(=O)Cc1cccnc1. The third-order valence-corrected chi connectivity index (χ3v) is 9.31. The minimum absolute atomic E-state index is 0.0691. The number of carbonyl (C=O) groups is 1. The lowest BCUT2D eigenvalue weighted by molar-refractivity contribution is -0.130. The van der Waals surface area contributed by atoms with E-state index in [0.717, 1.165) is 36.8 Å². The van der Waals surface area contributed by atoms with Crippen LogP contribution in [0.4, 0.5) is 0 Å². The van der Waals surface area contributed by atoms with E-state index in [9.17, 15) is 18.3 Å². The van der Waals surface area contributed by atoms with Crippen LogP contribution < -0.4 is 4.74 Å². The van der Waals surface area contributed by atoms with Crippen molar-refractivity contribution in [3.05, 3.63) is 59.9 Å². The van der Waals surface area contributed by atoms with E-state index in [-0.39, 0.29) is 36.3 Å². The van der Waals surface area contributed by atoms with Crippen molar-refractivity contribution >= 4 is 21.5 Å². The molecule has 0 unspecified atom stereocenters. The number of aliphatic hydroxyl groups is 1. The first-order chi connectivity index (χ1) is 17.7. The molecule has 37 heavy (non-hydrogen) atoms. The molecule has 0 saturated heterocycles. The van der Waals surface area contributed by atoms with Gasteiger partial charge in [-0.2, -0.15) is 4.31 Å². The molecule has 2 aromatic rings. The van der Waals surface area contributed by atoms with Gasteiger partial charge in [0.05, 0.1) is 19.6 Å². The van der Waals surface area contributed by atoms with E-state index in [2.05, 4.69) is 11.1 Å². The van der Waals surface area contributed by atoms with Crippen LogP contribution in [0.2, 0.25) is 0 Å². The molecule has 8 nitrogen and oxygen atoms in total. The van der Waals surface area contributed by atoms with Gasteiger partial charge in [0, 0.05) is 37.9 Å². The summed E-state index contributed by atoms with van der Waals surface area (Å²) in [7, 11) is -2.16. The number of benzene rings is 1. The highest BCUT2D eigenvalue weighted by Gasteiger charge is 2.38. The molecule has 1 aliphatic carbocycles. The maximum absolute atomic E-state index is 13.7. The van der Waals surface area contributed by atoms with Gasteiger partial charge in [-0.25, -0.2) is 8.42 Å². The van der Waals surface area contributed by atoms with E-state index in [4.69, 9.17) is 4.74 Å². The number of carbonyl (C=O) groups excluding carboxylic acids is 1. The van der Waals surface area contributed by atoms with Gasteiger partial charge in [-0.05, 0) is 67.5 Å². The van der Waals surface area contributed by atoms with Crippen molar-refractivity contribution in [3.63, 3.8) is 0 Å². The molecule has 1 N–H and O–H groups in total. The first-order valence-electron chi connectivity index (χ1n) is 13.0. The molecule has 3 atom stereocenters. The molecule has 0 spiro atoms. The topological polar surface area (TPSA) is 100 Å². The lowest BCUT2D eigenvalue weighted by atomic mass is 9.93. The van der Waals surface area contributed by atoms with Gasteiger partial charge in [-0.1, -0.05) is 25.1 Å². The van der Waals surface area contributed by atoms with Crippen LogP contribution in [0.1, 0.15) is 50.7 Å². The highest BCUT2D eigenvalue weighted by atomic mass is 32.2. The van der Waals surface area contributed by atoms with Crippen LogP contribution in [-0.4, -0.2) is 72.5 Å². The number of allylic oxidation sites excluding steroid dienone is 2. The smallest absolute Gasteiger partial charge is 0.247 e. The third kappa shape index (κ3) is 6.22. The fourth-order valence-corrected chi connectivity index (χ4v) is 6.75. The summed E-state index contributed by atoms with van der Waals surface area (Å²) in [5.41, 5.74) is 2.99. The molecule has 1 amide bonds. The molecule has 200 valence electrons. The predicted molar refractivity (Wildman–Crippen MR) is 142 cm³/mol. The Morgan fingerprint density at radius 2 is 2.11 bits per heavy atom. The molecule has 1 aliphatic heterocycles. The van der Waals surface area contributed by atoms with Crippen LogP contribution in [0, 0.1) is 5.92 Å². The highest BCUT2D eigenvalue weighted by molar-refractivity contribution is 7.89. The number of aromatic nitrogens is 1. The van der Waals surface area contributed by atoms with E-state index < -0.39 is 22.2 Å². The molecule has 1 aromatic heterocycles. The molecular weight excluding hydrogens is 490 g/mol. The largest absolute Gasteiger partial charge is 0.487 e. The van der Waals surface area contributed by atoms with Crippen molar-refractivity contribution in [2.75, 3.05) is 26.7 Å². The van der Waals surface area contributed by atoms with Gasteiger partial charge < -0.3 is 14.7 Å². The summed E-state index contributed by atoms with van der Waals surface area (Å²) < 4.78 is 35.2. The Bertz CT molecular complexity index is 1230. The summed E-state index contributed by atoms with van der Waals surface area (Å²) in [6, 6.07) is 8.37. The Morgan fingerprint density at radius 3 is 2.78 bits per heavy atom. The van der Waals surface area contributed by atoms with Gasteiger partial charge in [0.2, 0.25) is 15.9 Å². The number of hydrogen-bond acceptors (Lipinski definition) is 6. The van der Waals surface area contributed by atoms with E-state index in [1.165, 1.54) is 9.88 Å². The van der Waals surface area contributed by atoms with Crippen LogP contribution in [0.3, 0.4) is 0 Å². The summed E-state index contributed by atoms with van der Waals surface area (Å²) in [4.78, 5) is 18.8. The average Bonchev–Trinajstić information content (AvgIpc) is 2.91. The molecule has 1 aromatic carbocycles. The van der Waals surface area contributed by atoms with Crippen LogP contribution in [0.25, 0.3) is 5.57 Å². The van der Waals surface area contributed by atoms with Crippen LogP contribution in [0.5, 0.6) is 5.75 Å². The fourth-order valence-electron chi connectivity index (χ4n) is 4.93. The highest BCUT2D eigenvalue weighted by Crippen LogP contribution is 2.37. The van der Waals surface area contributed by atoms with E-state index in [1.54, 1.807) is 43.4 Å². The van der Waals surface area contributed by atoms with E-state index in [0.29, 0.717) is 12.3 Å². The lowest BCUT2D eigenvalue weighted by Gasteiger charge is -2.37. The van der Waals surface area contributed by atoms with Crippen molar-refractivity contribution in [3.8, 4) is 5.75 Å². The molecule has 0 fully saturated rings. The summed E-state index contributed by atoms with van der Waals surface area (Å²) in [5, 5.41) is 9.85. The number of hydrogen-bond donors (Lipinski definition) is 1. The second-order valence-electron chi connectivity index (χ2n) is 10.2. The number of fused-ring (bicyclic) bond motifs is 1. The Labute approximate surface area is 220 Å². The number of aliphatic hydroxyl groups excluding tert-OH is 1. The average molecular weight is 528 g/mol. The fraction of sp³-hybridized carbons (Fsp3) is 0.500. The molecular formula is C28H37N3O5S. The number of rotatable bonds is 7. The Balaban J connectivity index is 1.67. The standard InChI is InChI=1S/C28H37N3O5S/c1-20-17-31(21(2)19-32)37(34,35)27-12-11-24(23-9-5-4-6-10-23)15-25(27)36-26(20)18-30(3)28(33)14-22-8-7-13-29-16-22/h7-9,11-13,15-16,20-21,26,32H,4-6,10,14,17-19H2,1-3H3/t20-,21-,26+/m1/s1. The number of pyridine rings is 1. The van der Waals surface area contributed by atoms with Gasteiger partial charge in [-0.3, -0.25) is 9.78 Å². The third-order valence-electron chi connectivity index (χ3n) is 7.29. The zero-order valence-electron chi connectivity index (χ0n) is 21.8. The Kier molecular flexibility index (Phi) is 8.67. The summed E-state index contributed by atoms with van der Waals surface area (Å²) in [6.45, 7) is 3.81. The molecule has 2 aliphatic rings. The quantitative estimate of drug-likeness (QED) is 0.592. The van der Waals surface area contributed by atoms with Gasteiger partial charge in [-0.15, -0.1) is 0 Å². The predicted octanol–water partition coefficient (Wildman–Crippen LogP) is 3.51. The second-order valence-corrected chi connectivity index (χ2v) is 12.0. The first kappa shape index (κ1) is 27.3. The Hall–Kier alpha value is -2.75. The summed E-state index contributed by atoms with van der Waals surface area (Å²) >= 11 is 0. The van der Waals surface area contributed by atoms with Crippen molar-refractivity contribution in [2.24, 2.45) is 5.92 Å². The number of amides is 1. The number of likely N-dealkylation sites (N-methyl/N-ethyl adjacent to an activating group) is 1. The molecule has 0 bridgehead atoms. The number of sulfonamides is 1. The Morgan fingerprint density at radius 1 is 1.30 bits per heavy atom. The minimum atomic E-state index is -3.90. The zero-order chi connectivity index (χ0) is 26.6. The van der Waals surface area contributed by atoms with Crippen molar-refractivity contribution in [1.82, 2.24) is 14.2 Å². The second kappa shape index (κ2) is 11.8. The zero-order valence-corrected chi connectivity index (χ0v) is 22.7. The number of ether oxygens (including phenoxy) is 1. The molecule has 9 heteroatoms. The molecule has 0 radical (unpaired) electrons. The van der Waals surface area contributed by atoms with Gasteiger partial charge in [0.25, 0.3) is 0 Å². The summed E-state index contributed by atoms with van der Waals surface area (Å²) in [5.74, 6) is -0.00714. The van der Waals surface area contributed by atoms with Gasteiger partial charge >= 0.3 is 0 Å². The molecule has 4 rings (SSSR count). The minimum Gasteiger partial charge on any atom is -0.487 e. The van der Waals surface area contributed by atoms with E-state index in [1.807, 2.05) is 25.1 Å². The van der Waals surface area contributed by atoms with Crippen molar-refractivity contribution in [1.29, 1.82) is 0 Å². The molecule has 2 heterocycles.